The van der Waals surface area contributed by atoms with E-state index in [1.54, 1.807) is 13.8 Å². The molecule has 0 aromatic carbocycles. The van der Waals surface area contributed by atoms with Crippen LogP contribution in [0.25, 0.3) is 0 Å². The highest BCUT2D eigenvalue weighted by molar-refractivity contribution is 7.90. The molecule has 1 aromatic heterocycles. The highest BCUT2D eigenvalue weighted by Gasteiger charge is 2.25. The average molecular weight is 350 g/mol. The smallest absolute Gasteiger partial charge is 0.213 e. The van der Waals surface area contributed by atoms with E-state index >= 15 is 0 Å². The van der Waals surface area contributed by atoms with E-state index in [1.807, 2.05) is 4.90 Å². The third-order valence-electron chi connectivity index (χ3n) is 3.80. The number of hydrogen-bond donors (Lipinski definition) is 1. The molecule has 1 aliphatic rings. The van der Waals surface area contributed by atoms with Gasteiger partial charge in [0.1, 0.15) is 0 Å². The molecule has 0 saturated carbocycles. The summed E-state index contributed by atoms with van der Waals surface area (Å²) in [5, 5.41) is -0.193. The molecule has 1 atom stereocenters. The second kappa shape index (κ2) is 7.10. The first-order valence-corrected chi connectivity index (χ1v) is 9.26. The van der Waals surface area contributed by atoms with E-state index in [9.17, 15) is 12.8 Å². The average Bonchev–Trinajstić information content (AvgIpc) is 2.45. The molecule has 0 unspecified atom stereocenters. The SMILES string of the molecule is CC(C)S(=O)(=O)NC[C@H]1CCCN(c2ncc(Cl)cc2F)C1. The lowest BCUT2D eigenvalue weighted by Gasteiger charge is -2.33. The van der Waals surface area contributed by atoms with Crippen molar-refractivity contribution < 1.29 is 12.8 Å². The van der Waals surface area contributed by atoms with Crippen LogP contribution >= 0.6 is 11.6 Å². The second-order valence-electron chi connectivity index (χ2n) is 5.86. The molecular weight excluding hydrogens is 329 g/mol. The van der Waals surface area contributed by atoms with Gasteiger partial charge in [-0.25, -0.2) is 22.5 Å². The van der Waals surface area contributed by atoms with Crippen LogP contribution in [-0.4, -0.2) is 38.3 Å². The molecule has 1 aliphatic heterocycles. The lowest BCUT2D eigenvalue weighted by Crippen LogP contribution is -2.42. The van der Waals surface area contributed by atoms with Gasteiger partial charge in [-0.1, -0.05) is 11.6 Å². The van der Waals surface area contributed by atoms with Gasteiger partial charge in [0.05, 0.1) is 10.3 Å². The molecular formula is C14H21ClFN3O2S. The molecule has 124 valence electrons. The predicted octanol–water partition coefficient (Wildman–Crippen LogP) is 2.42. The molecule has 0 aliphatic carbocycles. The number of rotatable bonds is 5. The van der Waals surface area contributed by atoms with Crippen molar-refractivity contribution in [1.82, 2.24) is 9.71 Å². The summed E-state index contributed by atoms with van der Waals surface area (Å²) in [5.74, 6) is -0.0316. The summed E-state index contributed by atoms with van der Waals surface area (Å²) in [6.07, 6.45) is 3.20. The third kappa shape index (κ3) is 4.30. The van der Waals surface area contributed by atoms with Crippen LogP contribution in [-0.2, 0) is 10.0 Å². The summed E-state index contributed by atoms with van der Waals surface area (Å²) in [7, 11) is -3.27. The lowest BCUT2D eigenvalue weighted by atomic mass is 9.98. The molecule has 0 spiro atoms. The molecule has 1 N–H and O–H groups in total. The van der Waals surface area contributed by atoms with E-state index in [0.717, 1.165) is 12.8 Å². The number of sulfonamides is 1. The molecule has 1 fully saturated rings. The van der Waals surface area contributed by atoms with Gasteiger partial charge in [-0.05, 0) is 38.7 Å². The van der Waals surface area contributed by atoms with Crippen LogP contribution in [0.2, 0.25) is 5.02 Å². The zero-order chi connectivity index (χ0) is 16.3. The fraction of sp³-hybridized carbons (Fsp3) is 0.643. The summed E-state index contributed by atoms with van der Waals surface area (Å²) in [5.41, 5.74) is 0. The summed E-state index contributed by atoms with van der Waals surface area (Å²) in [6, 6.07) is 1.25. The molecule has 0 amide bonds. The van der Waals surface area contributed by atoms with Gasteiger partial charge in [0.15, 0.2) is 11.6 Å². The summed E-state index contributed by atoms with van der Waals surface area (Å²) in [4.78, 5) is 5.90. The monoisotopic (exact) mass is 349 g/mol. The minimum atomic E-state index is -3.27. The van der Waals surface area contributed by atoms with Crippen LogP contribution in [0.1, 0.15) is 26.7 Å². The van der Waals surface area contributed by atoms with Gasteiger partial charge < -0.3 is 4.90 Å². The van der Waals surface area contributed by atoms with Crippen LogP contribution in [0.15, 0.2) is 12.3 Å². The van der Waals surface area contributed by atoms with Gasteiger partial charge in [0.2, 0.25) is 10.0 Å². The van der Waals surface area contributed by atoms with Crippen molar-refractivity contribution in [2.45, 2.75) is 31.9 Å². The van der Waals surface area contributed by atoms with Gasteiger partial charge in [-0.2, -0.15) is 0 Å². The van der Waals surface area contributed by atoms with Crippen molar-refractivity contribution in [2.24, 2.45) is 5.92 Å². The summed E-state index contributed by atoms with van der Waals surface area (Å²) in [6.45, 7) is 4.93. The number of aromatic nitrogens is 1. The van der Waals surface area contributed by atoms with Crippen LogP contribution in [0.4, 0.5) is 10.2 Å². The fourth-order valence-electron chi connectivity index (χ4n) is 2.46. The van der Waals surface area contributed by atoms with Gasteiger partial charge in [-0.3, -0.25) is 0 Å². The van der Waals surface area contributed by atoms with Crippen molar-refractivity contribution in [1.29, 1.82) is 0 Å². The maximum atomic E-state index is 13.9. The Balaban J connectivity index is 2.00. The Hall–Kier alpha value is -0.920. The maximum absolute atomic E-state index is 13.9. The zero-order valence-corrected chi connectivity index (χ0v) is 14.3. The van der Waals surface area contributed by atoms with Gasteiger partial charge in [0, 0.05) is 25.8 Å². The number of pyridine rings is 1. The maximum Gasteiger partial charge on any atom is 0.213 e. The molecule has 0 bridgehead atoms. The largest absolute Gasteiger partial charge is 0.354 e. The molecule has 22 heavy (non-hydrogen) atoms. The van der Waals surface area contributed by atoms with Crippen molar-refractivity contribution in [2.75, 3.05) is 24.5 Å². The van der Waals surface area contributed by atoms with E-state index in [4.69, 9.17) is 11.6 Å². The third-order valence-corrected chi connectivity index (χ3v) is 5.82. The van der Waals surface area contributed by atoms with E-state index in [0.29, 0.717) is 19.6 Å². The Morgan fingerprint density at radius 3 is 2.91 bits per heavy atom. The van der Waals surface area contributed by atoms with Gasteiger partial charge in [-0.15, -0.1) is 0 Å². The Kier molecular flexibility index (Phi) is 5.63. The number of nitrogens with zero attached hydrogens (tertiary/aromatic N) is 2. The van der Waals surface area contributed by atoms with Crippen molar-refractivity contribution in [3.05, 3.63) is 23.1 Å². The van der Waals surface area contributed by atoms with E-state index in [1.165, 1.54) is 12.3 Å². The lowest BCUT2D eigenvalue weighted by molar-refractivity contribution is 0.405. The van der Waals surface area contributed by atoms with Crippen molar-refractivity contribution in [3.8, 4) is 0 Å². The number of hydrogen-bond acceptors (Lipinski definition) is 4. The summed E-state index contributed by atoms with van der Waals surface area (Å²) < 4.78 is 40.2. The number of piperidine rings is 1. The molecule has 5 nitrogen and oxygen atoms in total. The molecule has 8 heteroatoms. The molecule has 2 heterocycles. The first kappa shape index (κ1) is 17.4. The van der Waals surface area contributed by atoms with Gasteiger partial charge >= 0.3 is 0 Å². The van der Waals surface area contributed by atoms with Crippen LogP contribution in [0.3, 0.4) is 0 Å². The van der Waals surface area contributed by atoms with E-state index in [-0.39, 0.29) is 16.8 Å². The normalized spacial score (nSPS) is 19.7. The Labute approximate surface area is 135 Å². The molecule has 1 saturated heterocycles. The van der Waals surface area contributed by atoms with E-state index in [2.05, 4.69) is 9.71 Å². The van der Waals surface area contributed by atoms with Gasteiger partial charge in [0.25, 0.3) is 0 Å². The van der Waals surface area contributed by atoms with Crippen molar-refractivity contribution in [3.63, 3.8) is 0 Å². The minimum absolute atomic E-state index is 0.138. The Morgan fingerprint density at radius 2 is 2.27 bits per heavy atom. The second-order valence-corrected chi connectivity index (χ2v) is 8.61. The number of anilines is 1. The quantitative estimate of drug-likeness (QED) is 0.886. The highest BCUT2D eigenvalue weighted by Crippen LogP contribution is 2.25. The first-order chi connectivity index (χ1) is 10.3. The molecule has 2 rings (SSSR count). The van der Waals surface area contributed by atoms with Crippen LogP contribution < -0.4 is 9.62 Å². The molecule has 1 aromatic rings. The van der Waals surface area contributed by atoms with Crippen LogP contribution in [0.5, 0.6) is 0 Å². The van der Waals surface area contributed by atoms with Crippen LogP contribution in [0, 0.1) is 11.7 Å². The summed E-state index contributed by atoms with van der Waals surface area (Å²) >= 11 is 5.72. The fourth-order valence-corrected chi connectivity index (χ4v) is 3.41. The molecule has 0 radical (unpaired) electrons. The Bertz CT molecular complexity index is 625. The number of halogens is 2. The standard InChI is InChI=1S/C14H21ClFN3O2S/c1-10(2)22(20,21)18-7-11-4-3-5-19(9-11)14-13(16)6-12(15)8-17-14/h6,8,10-11,18H,3-5,7,9H2,1-2H3/t11-/m1/s1. The number of nitrogens with one attached hydrogen (secondary N) is 1. The van der Waals surface area contributed by atoms with Crippen molar-refractivity contribution >= 4 is 27.4 Å². The first-order valence-electron chi connectivity index (χ1n) is 7.34. The predicted molar refractivity (Wildman–Crippen MR) is 86.2 cm³/mol. The minimum Gasteiger partial charge on any atom is -0.354 e. The van der Waals surface area contributed by atoms with E-state index < -0.39 is 21.1 Å². The highest BCUT2D eigenvalue weighted by atomic mass is 35.5. The Morgan fingerprint density at radius 1 is 1.55 bits per heavy atom. The topological polar surface area (TPSA) is 62.3 Å². The zero-order valence-electron chi connectivity index (χ0n) is 12.7.